The predicted octanol–water partition coefficient (Wildman–Crippen LogP) is 2.64. The van der Waals surface area contributed by atoms with Gasteiger partial charge in [-0.25, -0.2) is 4.98 Å². The molecule has 1 amide bonds. The molecule has 1 aromatic carbocycles. The molecule has 5 nitrogen and oxygen atoms in total. The minimum atomic E-state index is 0.224. The lowest BCUT2D eigenvalue weighted by atomic mass is 10.2. The van der Waals surface area contributed by atoms with Crippen LogP contribution in [0.3, 0.4) is 0 Å². The van der Waals surface area contributed by atoms with Gasteiger partial charge in [-0.15, -0.1) is 0 Å². The van der Waals surface area contributed by atoms with Gasteiger partial charge in [-0.05, 0) is 24.1 Å². The maximum atomic E-state index is 12.8. The molecule has 1 aliphatic heterocycles. The standard InChI is InChI=1S/C21H28N4O/c1-2-12-25(17-19-8-4-3-5-9-19)21(26)18-23-13-15-24(16-14-23)20-10-6-7-11-22-20/h3-11H,2,12-18H2,1H3. The molecule has 0 atom stereocenters. The first-order valence-corrected chi connectivity index (χ1v) is 9.46. The summed E-state index contributed by atoms with van der Waals surface area (Å²) in [5.41, 5.74) is 1.19. The van der Waals surface area contributed by atoms with Crippen LogP contribution >= 0.6 is 0 Å². The van der Waals surface area contributed by atoms with Crippen molar-refractivity contribution in [2.75, 3.05) is 44.2 Å². The molecule has 0 saturated carbocycles. The number of pyridine rings is 1. The largest absolute Gasteiger partial charge is 0.354 e. The summed E-state index contributed by atoms with van der Waals surface area (Å²) in [6, 6.07) is 16.2. The van der Waals surface area contributed by atoms with Crippen molar-refractivity contribution in [2.24, 2.45) is 0 Å². The molecule has 0 unspecified atom stereocenters. The Kier molecular flexibility index (Phi) is 6.61. The molecule has 1 fully saturated rings. The lowest BCUT2D eigenvalue weighted by molar-refractivity contribution is -0.133. The third kappa shape index (κ3) is 5.05. The number of aromatic nitrogens is 1. The van der Waals surface area contributed by atoms with Crippen LogP contribution in [-0.2, 0) is 11.3 Å². The summed E-state index contributed by atoms with van der Waals surface area (Å²) in [5, 5.41) is 0. The van der Waals surface area contributed by atoms with Crippen LogP contribution in [0, 0.1) is 0 Å². The Balaban J connectivity index is 1.52. The quantitative estimate of drug-likeness (QED) is 0.768. The van der Waals surface area contributed by atoms with E-state index in [4.69, 9.17) is 0 Å². The highest BCUT2D eigenvalue weighted by Crippen LogP contribution is 2.13. The molecule has 2 aromatic rings. The maximum Gasteiger partial charge on any atom is 0.237 e. The molecule has 26 heavy (non-hydrogen) atoms. The van der Waals surface area contributed by atoms with Crippen molar-refractivity contribution in [3.63, 3.8) is 0 Å². The molecule has 0 bridgehead atoms. The van der Waals surface area contributed by atoms with E-state index < -0.39 is 0 Å². The summed E-state index contributed by atoms with van der Waals surface area (Å²) in [6.45, 7) is 7.75. The van der Waals surface area contributed by atoms with Gasteiger partial charge < -0.3 is 9.80 Å². The zero-order chi connectivity index (χ0) is 18.2. The molecule has 1 aliphatic rings. The number of benzene rings is 1. The molecule has 1 aromatic heterocycles. The monoisotopic (exact) mass is 352 g/mol. The summed E-state index contributed by atoms with van der Waals surface area (Å²) in [4.78, 5) is 23.8. The lowest BCUT2D eigenvalue weighted by Gasteiger charge is -2.36. The molecular formula is C21H28N4O. The number of hydrogen-bond acceptors (Lipinski definition) is 4. The normalized spacial score (nSPS) is 15.0. The Morgan fingerprint density at radius 1 is 1.04 bits per heavy atom. The van der Waals surface area contributed by atoms with Crippen LogP contribution < -0.4 is 4.90 Å². The van der Waals surface area contributed by atoms with Gasteiger partial charge in [0.15, 0.2) is 0 Å². The van der Waals surface area contributed by atoms with E-state index in [9.17, 15) is 4.79 Å². The minimum Gasteiger partial charge on any atom is -0.354 e. The maximum absolute atomic E-state index is 12.8. The molecule has 2 heterocycles. The third-order valence-electron chi connectivity index (χ3n) is 4.77. The van der Waals surface area contributed by atoms with Crippen LogP contribution in [0.5, 0.6) is 0 Å². The molecule has 3 rings (SSSR count). The molecule has 138 valence electrons. The SMILES string of the molecule is CCCN(Cc1ccccc1)C(=O)CN1CCN(c2ccccn2)CC1. The van der Waals surface area contributed by atoms with E-state index in [2.05, 4.69) is 33.8 Å². The topological polar surface area (TPSA) is 39.7 Å². The lowest BCUT2D eigenvalue weighted by Crippen LogP contribution is -2.50. The van der Waals surface area contributed by atoms with Gasteiger partial charge in [0.2, 0.25) is 5.91 Å². The fourth-order valence-corrected chi connectivity index (χ4v) is 3.33. The molecular weight excluding hydrogens is 324 g/mol. The first kappa shape index (κ1) is 18.4. The second-order valence-electron chi connectivity index (χ2n) is 6.75. The van der Waals surface area contributed by atoms with E-state index in [1.807, 2.05) is 47.5 Å². The van der Waals surface area contributed by atoms with Crippen LogP contribution in [0.4, 0.5) is 5.82 Å². The van der Waals surface area contributed by atoms with E-state index in [0.29, 0.717) is 13.1 Å². The number of nitrogens with zero attached hydrogens (tertiary/aromatic N) is 4. The first-order valence-electron chi connectivity index (χ1n) is 9.46. The van der Waals surface area contributed by atoms with Crippen molar-refractivity contribution in [3.8, 4) is 0 Å². The summed E-state index contributed by atoms with van der Waals surface area (Å²) in [7, 11) is 0. The van der Waals surface area contributed by atoms with Crippen molar-refractivity contribution in [1.29, 1.82) is 0 Å². The Morgan fingerprint density at radius 3 is 2.42 bits per heavy atom. The van der Waals surface area contributed by atoms with Gasteiger partial charge in [-0.2, -0.15) is 0 Å². The zero-order valence-corrected chi connectivity index (χ0v) is 15.6. The van der Waals surface area contributed by atoms with Crippen molar-refractivity contribution >= 4 is 11.7 Å². The molecule has 0 aliphatic carbocycles. The Labute approximate surface area is 156 Å². The second kappa shape index (κ2) is 9.34. The number of piperazine rings is 1. The highest BCUT2D eigenvalue weighted by Gasteiger charge is 2.22. The van der Waals surface area contributed by atoms with Crippen LogP contribution in [0.1, 0.15) is 18.9 Å². The highest BCUT2D eigenvalue weighted by atomic mass is 16.2. The highest BCUT2D eigenvalue weighted by molar-refractivity contribution is 5.78. The summed E-state index contributed by atoms with van der Waals surface area (Å²) in [6.07, 6.45) is 2.81. The number of carbonyl (C=O) groups excluding carboxylic acids is 1. The minimum absolute atomic E-state index is 0.224. The first-order chi connectivity index (χ1) is 12.8. The molecule has 1 saturated heterocycles. The predicted molar refractivity (Wildman–Crippen MR) is 105 cm³/mol. The molecule has 0 N–H and O–H groups in total. The van der Waals surface area contributed by atoms with Crippen LogP contribution in [0.2, 0.25) is 0 Å². The molecule has 5 heteroatoms. The Morgan fingerprint density at radius 2 is 1.77 bits per heavy atom. The van der Waals surface area contributed by atoms with E-state index in [1.54, 1.807) is 0 Å². The summed E-state index contributed by atoms with van der Waals surface area (Å²) in [5.74, 6) is 1.25. The number of carbonyl (C=O) groups is 1. The van der Waals surface area contributed by atoms with Crippen molar-refractivity contribution in [3.05, 3.63) is 60.3 Å². The number of rotatable bonds is 7. The fourth-order valence-electron chi connectivity index (χ4n) is 3.33. The van der Waals surface area contributed by atoms with E-state index in [1.165, 1.54) is 5.56 Å². The van der Waals surface area contributed by atoms with Gasteiger partial charge in [0.1, 0.15) is 5.82 Å². The molecule has 0 spiro atoms. The van der Waals surface area contributed by atoms with Gasteiger partial charge in [-0.3, -0.25) is 9.69 Å². The van der Waals surface area contributed by atoms with Crippen LogP contribution in [0.15, 0.2) is 54.7 Å². The number of amides is 1. The van der Waals surface area contributed by atoms with Gasteiger partial charge in [0.05, 0.1) is 6.54 Å². The van der Waals surface area contributed by atoms with Gasteiger partial charge in [-0.1, -0.05) is 43.3 Å². The summed E-state index contributed by atoms with van der Waals surface area (Å²) >= 11 is 0. The number of hydrogen-bond donors (Lipinski definition) is 0. The Hall–Kier alpha value is -2.40. The third-order valence-corrected chi connectivity index (χ3v) is 4.77. The van der Waals surface area contributed by atoms with E-state index in [0.717, 1.165) is 45.0 Å². The second-order valence-corrected chi connectivity index (χ2v) is 6.75. The smallest absolute Gasteiger partial charge is 0.237 e. The number of anilines is 1. The average molecular weight is 352 g/mol. The molecule has 0 radical (unpaired) electrons. The summed E-state index contributed by atoms with van der Waals surface area (Å²) < 4.78 is 0. The van der Waals surface area contributed by atoms with Crippen LogP contribution in [0.25, 0.3) is 0 Å². The fraction of sp³-hybridized carbons (Fsp3) is 0.429. The van der Waals surface area contributed by atoms with Gasteiger partial charge in [0.25, 0.3) is 0 Å². The Bertz CT molecular complexity index is 669. The van der Waals surface area contributed by atoms with Crippen LogP contribution in [-0.4, -0.2) is 60.0 Å². The van der Waals surface area contributed by atoms with Gasteiger partial charge >= 0.3 is 0 Å². The van der Waals surface area contributed by atoms with E-state index in [-0.39, 0.29) is 5.91 Å². The van der Waals surface area contributed by atoms with E-state index >= 15 is 0 Å². The van der Waals surface area contributed by atoms with Gasteiger partial charge in [0, 0.05) is 45.5 Å². The average Bonchev–Trinajstić information content (AvgIpc) is 2.70. The van der Waals surface area contributed by atoms with Crippen molar-refractivity contribution in [2.45, 2.75) is 19.9 Å². The van der Waals surface area contributed by atoms with Crippen molar-refractivity contribution in [1.82, 2.24) is 14.8 Å². The zero-order valence-electron chi connectivity index (χ0n) is 15.6. The van der Waals surface area contributed by atoms with Crippen molar-refractivity contribution < 1.29 is 4.79 Å².